The number of para-hydroxylation sites is 2. The van der Waals surface area contributed by atoms with Crippen molar-refractivity contribution in [3.05, 3.63) is 114 Å². The highest BCUT2D eigenvalue weighted by Crippen LogP contribution is 2.35. The van der Waals surface area contributed by atoms with Gasteiger partial charge >= 0.3 is 0 Å². The standard InChI is InChI=1S/C35H38N4O5/c1-24-20-39(25(2)23-40)35(42)30-10-7-11-31(37-34(41)27-16-18-36-19-17-27)33(30)44-32(24)22-38(3)21-26-12-14-29(15-13-26)43-28-8-5-4-6-9-28/h4-19,24-25,32,40H,20-23H2,1-3H3,(H,37,41)/t24-,25+,32+/m1/s1. The number of aliphatic hydroxyl groups is 1. The SMILES string of the molecule is C[C@@H]1CN([C@@H](C)CO)C(=O)c2cccc(NC(=O)c3ccncc3)c2O[C@H]1CN(C)Cc1ccc(Oc2ccccc2)cc1. The average molecular weight is 595 g/mol. The van der Waals surface area contributed by atoms with Crippen LogP contribution in [0, 0.1) is 5.92 Å². The Morgan fingerprint density at radius 2 is 1.75 bits per heavy atom. The third-order valence-electron chi connectivity index (χ3n) is 7.73. The van der Waals surface area contributed by atoms with Gasteiger partial charge in [-0.15, -0.1) is 0 Å². The topological polar surface area (TPSA) is 104 Å². The summed E-state index contributed by atoms with van der Waals surface area (Å²) in [5.74, 6) is 1.21. The predicted octanol–water partition coefficient (Wildman–Crippen LogP) is 5.48. The molecule has 3 atom stereocenters. The molecule has 0 unspecified atom stereocenters. The van der Waals surface area contributed by atoms with Gasteiger partial charge < -0.3 is 24.8 Å². The number of amides is 2. The van der Waals surface area contributed by atoms with E-state index in [0.29, 0.717) is 42.2 Å². The van der Waals surface area contributed by atoms with Crippen molar-refractivity contribution < 1.29 is 24.2 Å². The molecule has 0 saturated heterocycles. The van der Waals surface area contributed by atoms with Gasteiger partial charge in [-0.1, -0.05) is 43.3 Å². The molecule has 4 aromatic rings. The summed E-state index contributed by atoms with van der Waals surface area (Å²) in [6.45, 7) is 5.35. The first-order valence-corrected chi connectivity index (χ1v) is 14.8. The smallest absolute Gasteiger partial charge is 0.258 e. The number of rotatable bonds is 10. The summed E-state index contributed by atoms with van der Waals surface area (Å²) in [5, 5.41) is 12.9. The van der Waals surface area contributed by atoms with Crippen molar-refractivity contribution in [2.24, 2.45) is 5.92 Å². The average Bonchev–Trinajstić information content (AvgIpc) is 3.04. The third-order valence-corrected chi connectivity index (χ3v) is 7.73. The van der Waals surface area contributed by atoms with Gasteiger partial charge in [0.05, 0.1) is 23.9 Å². The number of aromatic nitrogens is 1. The monoisotopic (exact) mass is 594 g/mol. The molecule has 1 aromatic heterocycles. The first-order chi connectivity index (χ1) is 21.3. The fourth-order valence-corrected chi connectivity index (χ4v) is 5.23. The molecule has 2 heterocycles. The fourth-order valence-electron chi connectivity index (χ4n) is 5.23. The molecule has 0 radical (unpaired) electrons. The summed E-state index contributed by atoms with van der Waals surface area (Å²) in [5.41, 5.74) is 2.30. The highest BCUT2D eigenvalue weighted by Gasteiger charge is 2.34. The Balaban J connectivity index is 1.36. The summed E-state index contributed by atoms with van der Waals surface area (Å²) in [7, 11) is 2.03. The Kier molecular flexibility index (Phi) is 9.89. The van der Waals surface area contributed by atoms with Gasteiger partial charge in [-0.05, 0) is 68.1 Å². The van der Waals surface area contributed by atoms with Crippen molar-refractivity contribution in [2.45, 2.75) is 32.5 Å². The lowest BCUT2D eigenvalue weighted by atomic mass is 9.98. The van der Waals surface area contributed by atoms with Crippen LogP contribution in [0.15, 0.2) is 97.3 Å². The second-order valence-electron chi connectivity index (χ2n) is 11.3. The van der Waals surface area contributed by atoms with Crippen LogP contribution < -0.4 is 14.8 Å². The van der Waals surface area contributed by atoms with Crippen molar-refractivity contribution in [2.75, 3.05) is 32.1 Å². The van der Waals surface area contributed by atoms with Gasteiger partial charge in [0.15, 0.2) is 5.75 Å². The second-order valence-corrected chi connectivity index (χ2v) is 11.3. The first kappa shape index (κ1) is 30.7. The number of aliphatic hydroxyl groups excluding tert-OH is 1. The number of fused-ring (bicyclic) bond motifs is 1. The lowest BCUT2D eigenvalue weighted by molar-refractivity contribution is 0.0343. The molecule has 9 heteroatoms. The minimum absolute atomic E-state index is 0.0749. The van der Waals surface area contributed by atoms with Crippen LogP contribution in [-0.2, 0) is 6.54 Å². The van der Waals surface area contributed by atoms with Gasteiger partial charge in [0, 0.05) is 43.5 Å². The fraction of sp³-hybridized carbons (Fsp3) is 0.286. The summed E-state index contributed by atoms with van der Waals surface area (Å²) < 4.78 is 12.6. The summed E-state index contributed by atoms with van der Waals surface area (Å²) in [4.78, 5) is 34.7. The zero-order valence-corrected chi connectivity index (χ0v) is 25.2. The minimum Gasteiger partial charge on any atom is -0.486 e. The lowest BCUT2D eigenvalue weighted by Gasteiger charge is -2.38. The number of hydrogen-bond donors (Lipinski definition) is 2. The van der Waals surface area contributed by atoms with Gasteiger partial charge in [0.1, 0.15) is 17.6 Å². The van der Waals surface area contributed by atoms with E-state index in [4.69, 9.17) is 9.47 Å². The third kappa shape index (κ3) is 7.42. The largest absolute Gasteiger partial charge is 0.486 e. The molecule has 1 aliphatic rings. The quantitative estimate of drug-likeness (QED) is 0.251. The molecular weight excluding hydrogens is 556 g/mol. The molecule has 0 aliphatic carbocycles. The Morgan fingerprint density at radius 3 is 2.45 bits per heavy atom. The number of carbonyl (C=O) groups excluding carboxylic acids is 2. The van der Waals surface area contributed by atoms with Crippen molar-refractivity contribution in [1.82, 2.24) is 14.8 Å². The summed E-state index contributed by atoms with van der Waals surface area (Å²) in [6, 6.07) is 25.7. The molecule has 228 valence electrons. The van der Waals surface area contributed by atoms with E-state index >= 15 is 0 Å². The number of carbonyl (C=O) groups is 2. The van der Waals surface area contributed by atoms with Crippen LogP contribution in [-0.4, -0.2) is 70.6 Å². The number of nitrogens with zero attached hydrogens (tertiary/aromatic N) is 3. The second kappa shape index (κ2) is 14.2. The predicted molar refractivity (Wildman–Crippen MR) is 169 cm³/mol. The maximum Gasteiger partial charge on any atom is 0.258 e. The van der Waals surface area contributed by atoms with Crippen LogP contribution in [0.1, 0.15) is 40.1 Å². The molecule has 0 saturated carbocycles. The molecule has 0 fully saturated rings. The molecule has 0 spiro atoms. The molecule has 2 N–H and O–H groups in total. The van der Waals surface area contributed by atoms with Gasteiger partial charge in [-0.3, -0.25) is 19.5 Å². The molecule has 5 rings (SSSR count). The van der Waals surface area contributed by atoms with Crippen LogP contribution in [0.2, 0.25) is 0 Å². The maximum atomic E-state index is 13.7. The van der Waals surface area contributed by atoms with Crippen LogP contribution in [0.25, 0.3) is 0 Å². The van der Waals surface area contributed by atoms with E-state index in [1.165, 1.54) is 0 Å². The van der Waals surface area contributed by atoms with E-state index in [0.717, 1.165) is 17.1 Å². The summed E-state index contributed by atoms with van der Waals surface area (Å²) >= 11 is 0. The Hall–Kier alpha value is -4.73. The number of benzene rings is 3. The Morgan fingerprint density at radius 1 is 1.05 bits per heavy atom. The van der Waals surface area contributed by atoms with Gasteiger partial charge in [0.2, 0.25) is 0 Å². The zero-order valence-electron chi connectivity index (χ0n) is 25.2. The van der Waals surface area contributed by atoms with E-state index in [1.807, 2.05) is 75.5 Å². The van der Waals surface area contributed by atoms with E-state index in [-0.39, 0.29) is 36.5 Å². The highest BCUT2D eigenvalue weighted by molar-refractivity contribution is 6.07. The van der Waals surface area contributed by atoms with Gasteiger partial charge in [-0.25, -0.2) is 0 Å². The maximum absolute atomic E-state index is 13.7. The highest BCUT2D eigenvalue weighted by atomic mass is 16.5. The Labute approximate surface area is 258 Å². The molecular formula is C35H38N4O5. The number of ether oxygens (including phenoxy) is 2. The summed E-state index contributed by atoms with van der Waals surface area (Å²) in [6.07, 6.45) is 2.78. The van der Waals surface area contributed by atoms with Crippen molar-refractivity contribution >= 4 is 17.5 Å². The van der Waals surface area contributed by atoms with Crippen molar-refractivity contribution in [3.63, 3.8) is 0 Å². The van der Waals surface area contributed by atoms with Crippen LogP contribution >= 0.6 is 0 Å². The minimum atomic E-state index is -0.388. The van der Waals surface area contributed by atoms with E-state index < -0.39 is 0 Å². The lowest BCUT2D eigenvalue weighted by Crippen LogP contribution is -2.49. The number of pyridine rings is 1. The van der Waals surface area contributed by atoms with Crippen LogP contribution in [0.3, 0.4) is 0 Å². The van der Waals surface area contributed by atoms with Crippen LogP contribution in [0.5, 0.6) is 17.2 Å². The first-order valence-electron chi connectivity index (χ1n) is 14.8. The zero-order chi connectivity index (χ0) is 31.1. The molecule has 0 bridgehead atoms. The molecule has 9 nitrogen and oxygen atoms in total. The molecule has 2 amide bonds. The van der Waals surface area contributed by atoms with Gasteiger partial charge in [0.25, 0.3) is 11.8 Å². The number of anilines is 1. The number of likely N-dealkylation sites (N-methyl/N-ethyl adjacent to an activating group) is 1. The van der Waals surface area contributed by atoms with Crippen molar-refractivity contribution in [3.8, 4) is 17.2 Å². The molecule has 3 aromatic carbocycles. The van der Waals surface area contributed by atoms with Gasteiger partial charge in [-0.2, -0.15) is 0 Å². The van der Waals surface area contributed by atoms with E-state index in [2.05, 4.69) is 15.2 Å². The van der Waals surface area contributed by atoms with Crippen LogP contribution in [0.4, 0.5) is 5.69 Å². The molecule has 44 heavy (non-hydrogen) atoms. The van der Waals surface area contributed by atoms with E-state index in [9.17, 15) is 14.7 Å². The number of hydrogen-bond acceptors (Lipinski definition) is 7. The number of nitrogens with one attached hydrogen (secondary N) is 1. The molecule has 1 aliphatic heterocycles. The Bertz CT molecular complexity index is 1550. The van der Waals surface area contributed by atoms with Crippen molar-refractivity contribution in [1.29, 1.82) is 0 Å². The van der Waals surface area contributed by atoms with E-state index in [1.54, 1.807) is 47.6 Å². The normalized spacial score (nSPS) is 17.2.